The maximum Gasteiger partial charge on any atom is 0.293 e. The van der Waals surface area contributed by atoms with Gasteiger partial charge in [0.2, 0.25) is 5.88 Å². The summed E-state index contributed by atoms with van der Waals surface area (Å²) in [6, 6.07) is 21.5. The third kappa shape index (κ3) is 9.93. The quantitative estimate of drug-likeness (QED) is 0.0646. The molecule has 1 spiro atoms. The van der Waals surface area contributed by atoms with E-state index in [4.69, 9.17) is 23.9 Å². The Bertz CT molecular complexity index is 2980. The van der Waals surface area contributed by atoms with E-state index in [-0.39, 0.29) is 53.5 Å². The molecule has 0 unspecified atom stereocenters. The van der Waals surface area contributed by atoms with Crippen LogP contribution in [-0.4, -0.2) is 122 Å². The number of H-pyrrole nitrogens is 1. The number of fused-ring (bicyclic) bond motifs is 3. The molecule has 11 rings (SSSR count). The molecule has 388 valence electrons. The number of amides is 1. The van der Waals surface area contributed by atoms with Crippen LogP contribution in [0.4, 0.5) is 28.4 Å². The lowest BCUT2D eigenvalue weighted by atomic mass is 9.59. The van der Waals surface area contributed by atoms with Crippen molar-refractivity contribution in [3.8, 4) is 11.6 Å². The van der Waals surface area contributed by atoms with Crippen molar-refractivity contribution in [2.24, 2.45) is 11.3 Å². The lowest BCUT2D eigenvalue weighted by molar-refractivity contribution is -0.384. The maximum atomic E-state index is 14.7. The second-order valence-corrected chi connectivity index (χ2v) is 23.3. The summed E-state index contributed by atoms with van der Waals surface area (Å²) in [6.07, 6.45) is 9.09. The number of morpholine rings is 1. The van der Waals surface area contributed by atoms with Gasteiger partial charge in [-0.1, -0.05) is 18.2 Å². The molecular weight excluding hydrogens is 953 g/mol. The molecule has 5 aromatic rings. The van der Waals surface area contributed by atoms with E-state index < -0.39 is 37.0 Å². The number of aromatic amines is 1. The number of nitro groups is 1. The highest BCUT2D eigenvalue weighted by atomic mass is 32.2. The molecule has 5 fully saturated rings. The van der Waals surface area contributed by atoms with Crippen LogP contribution in [-0.2, 0) is 19.5 Å². The molecule has 73 heavy (non-hydrogen) atoms. The average Bonchev–Trinajstić information content (AvgIpc) is 3.83. The van der Waals surface area contributed by atoms with Gasteiger partial charge in [0.1, 0.15) is 28.9 Å². The van der Waals surface area contributed by atoms with Gasteiger partial charge in [-0.3, -0.25) is 19.8 Å². The lowest BCUT2D eigenvalue weighted by Crippen LogP contribution is -2.57. The van der Waals surface area contributed by atoms with Crippen molar-refractivity contribution in [3.63, 3.8) is 0 Å². The number of nitro benzene ring substituents is 1. The van der Waals surface area contributed by atoms with E-state index in [1.807, 2.05) is 42.2 Å². The molecule has 0 bridgehead atoms. The number of nitrogens with one attached hydrogen (secondary N) is 3. The van der Waals surface area contributed by atoms with Gasteiger partial charge in [0.05, 0.1) is 71.3 Å². The van der Waals surface area contributed by atoms with Crippen molar-refractivity contribution in [1.82, 2.24) is 19.6 Å². The van der Waals surface area contributed by atoms with Crippen molar-refractivity contribution < 1.29 is 42.2 Å². The first-order chi connectivity index (χ1) is 35.1. The van der Waals surface area contributed by atoms with Crippen LogP contribution in [0.3, 0.4) is 0 Å². The normalized spacial score (nSPS) is 25.4. The number of sulfonamides is 1. The molecule has 4 N–H and O–H groups in total. The van der Waals surface area contributed by atoms with Gasteiger partial charge in [0.25, 0.3) is 21.6 Å². The lowest BCUT2D eigenvalue weighted by Gasteiger charge is -2.57. The number of piperidine rings is 1. The minimum absolute atomic E-state index is 0.0658. The summed E-state index contributed by atoms with van der Waals surface area (Å²) in [7, 11) is -4.63. The van der Waals surface area contributed by atoms with E-state index in [1.165, 1.54) is 17.7 Å². The molecule has 19 heteroatoms. The zero-order valence-corrected chi connectivity index (χ0v) is 42.6. The molecule has 4 aliphatic heterocycles. The van der Waals surface area contributed by atoms with Gasteiger partial charge >= 0.3 is 0 Å². The molecule has 6 heterocycles. The fourth-order valence-corrected chi connectivity index (χ4v) is 13.3. The molecule has 2 aromatic heterocycles. The number of anilines is 4. The van der Waals surface area contributed by atoms with Gasteiger partial charge in [-0.05, 0) is 132 Å². The van der Waals surface area contributed by atoms with Gasteiger partial charge in [0.15, 0.2) is 0 Å². The number of carbonyl (C=O) groups is 1. The van der Waals surface area contributed by atoms with Crippen molar-refractivity contribution in [2.45, 2.75) is 119 Å². The second-order valence-electron chi connectivity index (χ2n) is 21.7. The minimum atomic E-state index is -4.63. The summed E-state index contributed by atoms with van der Waals surface area (Å²) < 4.78 is 55.6. The summed E-state index contributed by atoms with van der Waals surface area (Å²) in [5.74, 6) is 0.600. The van der Waals surface area contributed by atoms with Crippen LogP contribution in [0, 0.1) is 21.4 Å². The fourth-order valence-electron chi connectivity index (χ4n) is 12.3. The summed E-state index contributed by atoms with van der Waals surface area (Å²) in [4.78, 5) is 41.1. The van der Waals surface area contributed by atoms with Gasteiger partial charge in [-0.25, -0.2) is 13.1 Å². The van der Waals surface area contributed by atoms with E-state index in [9.17, 15) is 28.4 Å². The summed E-state index contributed by atoms with van der Waals surface area (Å²) in [6.45, 7) is 10.9. The Morgan fingerprint density at radius 3 is 2.52 bits per heavy atom. The van der Waals surface area contributed by atoms with Crippen LogP contribution in [0.15, 0.2) is 83.9 Å². The smallest absolute Gasteiger partial charge is 0.293 e. The third-order valence-corrected chi connectivity index (χ3v) is 17.7. The van der Waals surface area contributed by atoms with E-state index in [1.54, 1.807) is 12.3 Å². The number of para-hydroxylation sites is 1. The van der Waals surface area contributed by atoms with E-state index >= 15 is 0 Å². The molecule has 3 aromatic carbocycles. The number of rotatable bonds is 13. The number of hydrogen-bond donors (Lipinski definition) is 4. The van der Waals surface area contributed by atoms with Crippen LogP contribution < -0.4 is 29.3 Å². The molecule has 3 saturated heterocycles. The van der Waals surface area contributed by atoms with Crippen LogP contribution in [0.2, 0.25) is 0 Å². The largest absolute Gasteiger partial charge is 0.491 e. The SMILES string of the molecule is CC(C)Oc1ccccc1[C@H]1COCCN1C1CC2(CCN(c3ccc(C(=O)NS(=O)(=O)c4ccc(NC[C@H]5CC[C@](C)(O)CC5)c([N+](=O)[O-])c4)c(N4c5cc6cc[nH]c6nc5O[C@@H]5CCOC[C@H]54)c3)CC2)C1. The van der Waals surface area contributed by atoms with Crippen LogP contribution >= 0.6 is 0 Å². The van der Waals surface area contributed by atoms with Crippen LogP contribution in [0.5, 0.6) is 11.6 Å². The number of hydrogen-bond acceptors (Lipinski definition) is 15. The fraction of sp³-hybridized carbons (Fsp3) is 0.519. The van der Waals surface area contributed by atoms with Crippen molar-refractivity contribution >= 4 is 55.4 Å². The number of aliphatic hydroxyl groups is 1. The number of ether oxygens (including phenoxy) is 4. The Morgan fingerprint density at radius 2 is 1.74 bits per heavy atom. The predicted octanol–water partition coefficient (Wildman–Crippen LogP) is 8.24. The first-order valence-electron chi connectivity index (χ1n) is 25.9. The molecule has 6 aliphatic rings. The second kappa shape index (κ2) is 19.7. The van der Waals surface area contributed by atoms with Gasteiger partial charge in [0, 0.05) is 67.5 Å². The Kier molecular flexibility index (Phi) is 13.3. The zero-order chi connectivity index (χ0) is 50.6. The van der Waals surface area contributed by atoms with Crippen molar-refractivity contribution in [3.05, 3.63) is 100 Å². The van der Waals surface area contributed by atoms with Crippen molar-refractivity contribution in [1.29, 1.82) is 0 Å². The zero-order valence-electron chi connectivity index (χ0n) is 41.8. The molecule has 2 aliphatic carbocycles. The van der Waals surface area contributed by atoms with E-state index in [2.05, 4.69) is 56.9 Å². The first kappa shape index (κ1) is 49.2. The number of nitrogens with zero attached hydrogens (tertiary/aromatic N) is 5. The summed E-state index contributed by atoms with van der Waals surface area (Å²) in [5.41, 5.74) is 3.12. The highest BCUT2D eigenvalue weighted by molar-refractivity contribution is 7.90. The molecule has 3 atom stereocenters. The van der Waals surface area contributed by atoms with Gasteiger partial charge in [-0.2, -0.15) is 4.98 Å². The average molecular weight is 1020 g/mol. The number of benzene rings is 3. The number of carbonyl (C=O) groups excluding carboxylic acids is 1. The highest BCUT2D eigenvalue weighted by Crippen LogP contribution is 2.54. The third-order valence-electron chi connectivity index (χ3n) is 16.4. The van der Waals surface area contributed by atoms with E-state index in [0.29, 0.717) is 74.6 Å². The minimum Gasteiger partial charge on any atom is -0.491 e. The molecular formula is C54H66N8O10S. The Balaban J connectivity index is 0.859. The standard InChI is InChI=1S/C54H66N8O10S/c1-34(2)71-48-7-5-4-6-40(48)46-32-70-25-23-60(46)38-29-54(30-38)18-21-59(22-19-54)37-8-10-41(43(27-37)61-45-26-36-14-20-55-50(36)57-52(45)72-49-15-24-69-33-47(49)61)51(63)58-73(67,68)39-9-11-42(44(28-39)62(65)66)56-31-35-12-16-53(3,64)17-13-35/h4-11,14,20,26-28,34-35,38,46-47,49,56,64H,12-13,15-19,21-25,29-33H2,1-3H3,(H,55,57)(H,58,63)/t35-,46-,47-,49-,53-/m1/s1. The van der Waals surface area contributed by atoms with Gasteiger partial charge < -0.3 is 44.2 Å². The summed E-state index contributed by atoms with van der Waals surface area (Å²) in [5, 5.41) is 26.7. The Labute approximate surface area is 425 Å². The van der Waals surface area contributed by atoms with Gasteiger partial charge in [-0.15, -0.1) is 0 Å². The maximum absolute atomic E-state index is 14.7. The van der Waals surface area contributed by atoms with E-state index in [0.717, 1.165) is 81.0 Å². The van der Waals surface area contributed by atoms with Crippen LogP contribution in [0.1, 0.15) is 101 Å². The topological polar surface area (TPSA) is 214 Å². The molecule has 1 amide bonds. The summed E-state index contributed by atoms with van der Waals surface area (Å²) >= 11 is 0. The first-order valence-corrected chi connectivity index (χ1v) is 27.4. The van der Waals surface area contributed by atoms with Crippen LogP contribution in [0.25, 0.3) is 11.0 Å². The number of aromatic nitrogens is 2. The predicted molar refractivity (Wildman–Crippen MR) is 277 cm³/mol. The Morgan fingerprint density at radius 1 is 0.959 bits per heavy atom. The number of pyridine rings is 1. The Hall–Kier alpha value is -5.99. The molecule has 18 nitrogen and oxygen atoms in total. The monoisotopic (exact) mass is 1020 g/mol. The highest BCUT2D eigenvalue weighted by Gasteiger charge is 2.50. The molecule has 0 radical (unpaired) electrons. The molecule has 2 saturated carbocycles. The van der Waals surface area contributed by atoms with Crippen molar-refractivity contribution in [2.75, 3.05) is 67.7 Å².